The van der Waals surface area contributed by atoms with Crippen molar-refractivity contribution in [3.63, 3.8) is 0 Å². The minimum absolute atomic E-state index is 0.183. The molecule has 0 spiro atoms. The smallest absolute Gasteiger partial charge is 0.199 e. The minimum Gasteiger partial charge on any atom is -0.497 e. The summed E-state index contributed by atoms with van der Waals surface area (Å²) in [6, 6.07) is 15.2. The van der Waals surface area contributed by atoms with Crippen LogP contribution in [0.5, 0.6) is 11.5 Å². The van der Waals surface area contributed by atoms with Crippen LogP contribution in [0.4, 0.5) is 0 Å². The summed E-state index contributed by atoms with van der Waals surface area (Å²) in [5, 5.41) is 11.3. The van der Waals surface area contributed by atoms with Crippen LogP contribution in [-0.2, 0) is 6.61 Å². The zero-order valence-corrected chi connectivity index (χ0v) is 20.9. The number of aliphatic hydroxyl groups is 1. The molecule has 0 atom stereocenters. The zero-order valence-electron chi connectivity index (χ0n) is 20.9. The molecule has 0 aliphatic carbocycles. The molecule has 39 heavy (non-hydrogen) atoms. The Labute approximate surface area is 218 Å². The first-order chi connectivity index (χ1) is 18.9. The molecule has 0 saturated heterocycles. The Bertz CT molecular complexity index is 2070. The van der Waals surface area contributed by atoms with Gasteiger partial charge in [-0.15, -0.1) is 0 Å². The third-order valence-corrected chi connectivity index (χ3v) is 7.41. The third kappa shape index (κ3) is 3.14. The predicted molar refractivity (Wildman–Crippen MR) is 152 cm³/mol. The summed E-state index contributed by atoms with van der Waals surface area (Å²) in [5.74, 6) is 1.01. The number of nitrogens with one attached hydrogen (secondary N) is 3. The molecule has 9 nitrogen and oxygen atoms in total. The van der Waals surface area contributed by atoms with Gasteiger partial charge in [0, 0.05) is 21.7 Å². The Hall–Kier alpha value is -5.15. The molecule has 0 saturated carbocycles. The van der Waals surface area contributed by atoms with Gasteiger partial charge in [-0.2, -0.15) is 0 Å². The number of fused-ring (bicyclic) bond motifs is 9. The van der Waals surface area contributed by atoms with Crippen LogP contribution in [-0.4, -0.2) is 34.3 Å². The van der Waals surface area contributed by atoms with E-state index >= 15 is 0 Å². The van der Waals surface area contributed by atoms with E-state index in [0.717, 1.165) is 0 Å². The van der Waals surface area contributed by atoms with Crippen molar-refractivity contribution >= 4 is 65.4 Å². The predicted octanol–water partition coefficient (Wildman–Crippen LogP) is 4.18. The summed E-state index contributed by atoms with van der Waals surface area (Å²) in [4.78, 5) is 52.1. The van der Waals surface area contributed by atoms with Crippen molar-refractivity contribution in [2.45, 2.75) is 6.61 Å². The summed E-state index contributed by atoms with van der Waals surface area (Å²) in [5.41, 5.74) is 1.97. The second kappa shape index (κ2) is 8.17. The van der Waals surface area contributed by atoms with E-state index in [1.54, 1.807) is 54.6 Å². The quantitative estimate of drug-likeness (QED) is 0.204. The number of hydrogen-bond donors (Lipinski definition) is 4. The molecule has 7 aromatic rings. The fourth-order valence-electron chi connectivity index (χ4n) is 5.50. The SMILES string of the molecule is COc1ccc2[nH]c3c4c(=O)c5cc(CO)ccc5[nH]c4c4c(=O)c5cc(OC)ccc5[nH]c4c3c(=O)c2c1. The molecule has 4 aromatic carbocycles. The van der Waals surface area contributed by atoms with Crippen molar-refractivity contribution in [1.29, 1.82) is 0 Å². The maximum Gasteiger partial charge on any atom is 0.199 e. The molecule has 0 amide bonds. The van der Waals surface area contributed by atoms with Crippen LogP contribution in [0.25, 0.3) is 65.4 Å². The third-order valence-electron chi connectivity index (χ3n) is 7.41. The zero-order chi connectivity index (χ0) is 27.0. The van der Waals surface area contributed by atoms with E-state index in [1.807, 2.05) is 0 Å². The van der Waals surface area contributed by atoms with Crippen molar-refractivity contribution in [2.75, 3.05) is 14.2 Å². The number of methoxy groups -OCH3 is 2. The summed E-state index contributed by atoms with van der Waals surface area (Å²) in [7, 11) is 3.03. The molecular formula is C30H21N3O6. The molecule has 0 radical (unpaired) electrons. The Morgan fingerprint density at radius 1 is 0.590 bits per heavy atom. The first-order valence-corrected chi connectivity index (χ1v) is 12.2. The van der Waals surface area contributed by atoms with E-state index < -0.39 is 0 Å². The molecule has 0 fully saturated rings. The molecule has 7 rings (SSSR count). The fraction of sp³-hybridized carbons (Fsp3) is 0.100. The van der Waals surface area contributed by atoms with Gasteiger partial charge >= 0.3 is 0 Å². The summed E-state index contributed by atoms with van der Waals surface area (Å²) in [6.07, 6.45) is 0. The molecule has 3 aromatic heterocycles. The van der Waals surface area contributed by atoms with Crippen LogP contribution in [0.15, 0.2) is 69.0 Å². The van der Waals surface area contributed by atoms with Crippen molar-refractivity contribution in [3.05, 3.63) is 90.8 Å². The summed E-state index contributed by atoms with van der Waals surface area (Å²) in [6.45, 7) is -0.233. The van der Waals surface area contributed by atoms with Crippen LogP contribution >= 0.6 is 0 Å². The summed E-state index contributed by atoms with van der Waals surface area (Å²) >= 11 is 0. The van der Waals surface area contributed by atoms with Crippen molar-refractivity contribution in [3.8, 4) is 11.5 Å². The molecule has 9 heteroatoms. The molecule has 0 bridgehead atoms. The second-order valence-electron chi connectivity index (χ2n) is 9.47. The standard InChI is InChI=1S/C30H21N3O6/c1-38-14-4-7-20-17(10-14)30(37)24-26(32-20)22-25(31-19-6-3-13(12-34)9-16(19)28(22)35)23-27(24)33-21-8-5-15(39-2)11-18(21)29(23)36/h3-11,34H,12H2,1-2H3,(H,31,35)(H,32,37)(H,33,36). The van der Waals surface area contributed by atoms with Gasteiger partial charge < -0.3 is 29.5 Å². The average molecular weight is 520 g/mol. The van der Waals surface area contributed by atoms with Gasteiger partial charge in [0.1, 0.15) is 11.5 Å². The highest BCUT2D eigenvalue weighted by atomic mass is 16.5. The van der Waals surface area contributed by atoms with Gasteiger partial charge in [-0.25, -0.2) is 0 Å². The number of H-pyrrole nitrogens is 3. The van der Waals surface area contributed by atoms with Crippen LogP contribution in [0.1, 0.15) is 5.56 Å². The minimum atomic E-state index is -0.366. The number of ether oxygens (including phenoxy) is 2. The number of pyridine rings is 3. The number of hydrogen-bond acceptors (Lipinski definition) is 6. The lowest BCUT2D eigenvalue weighted by Crippen LogP contribution is -2.15. The van der Waals surface area contributed by atoms with Crippen molar-refractivity contribution < 1.29 is 14.6 Å². The number of benzene rings is 4. The van der Waals surface area contributed by atoms with E-state index in [4.69, 9.17) is 9.47 Å². The molecule has 3 heterocycles. The molecule has 0 aliphatic heterocycles. The highest BCUT2D eigenvalue weighted by molar-refractivity contribution is 6.25. The molecule has 192 valence electrons. The van der Waals surface area contributed by atoms with Crippen LogP contribution < -0.4 is 25.8 Å². The topological polar surface area (TPSA) is 137 Å². The lowest BCUT2D eigenvalue weighted by molar-refractivity contribution is 0.282. The maximum absolute atomic E-state index is 14.1. The van der Waals surface area contributed by atoms with Gasteiger partial charge in [0.15, 0.2) is 16.3 Å². The van der Waals surface area contributed by atoms with Gasteiger partial charge in [0.25, 0.3) is 0 Å². The first-order valence-electron chi connectivity index (χ1n) is 12.2. The maximum atomic E-state index is 14.1. The first kappa shape index (κ1) is 23.0. The van der Waals surface area contributed by atoms with E-state index in [1.165, 1.54) is 14.2 Å². The fourth-order valence-corrected chi connectivity index (χ4v) is 5.50. The molecule has 4 N–H and O–H groups in total. The largest absolute Gasteiger partial charge is 0.497 e. The van der Waals surface area contributed by atoms with Gasteiger partial charge in [0.2, 0.25) is 0 Å². The van der Waals surface area contributed by atoms with Gasteiger partial charge in [-0.1, -0.05) is 6.07 Å². The Morgan fingerprint density at radius 3 is 1.36 bits per heavy atom. The Balaban J connectivity index is 1.84. The van der Waals surface area contributed by atoms with Crippen molar-refractivity contribution in [1.82, 2.24) is 15.0 Å². The Kier molecular flexibility index (Phi) is 4.82. The highest BCUT2D eigenvalue weighted by Gasteiger charge is 2.22. The van der Waals surface area contributed by atoms with Crippen LogP contribution in [0.2, 0.25) is 0 Å². The van der Waals surface area contributed by atoms with Crippen LogP contribution in [0, 0.1) is 0 Å². The number of aromatic nitrogens is 3. The van der Waals surface area contributed by atoms with E-state index in [0.29, 0.717) is 66.3 Å². The van der Waals surface area contributed by atoms with E-state index in [-0.39, 0.29) is 39.1 Å². The second-order valence-corrected chi connectivity index (χ2v) is 9.47. The average Bonchev–Trinajstić information content (AvgIpc) is 2.96. The van der Waals surface area contributed by atoms with E-state index in [9.17, 15) is 19.5 Å². The van der Waals surface area contributed by atoms with Gasteiger partial charge in [-0.05, 0) is 54.1 Å². The monoisotopic (exact) mass is 519 g/mol. The Morgan fingerprint density at radius 2 is 0.974 bits per heavy atom. The molecule has 0 aliphatic rings. The van der Waals surface area contributed by atoms with Crippen LogP contribution in [0.3, 0.4) is 0 Å². The van der Waals surface area contributed by atoms with Crippen molar-refractivity contribution in [2.24, 2.45) is 0 Å². The lowest BCUT2D eigenvalue weighted by atomic mass is 9.98. The molecule has 0 unspecified atom stereocenters. The molecular weight excluding hydrogens is 498 g/mol. The summed E-state index contributed by atoms with van der Waals surface area (Å²) < 4.78 is 10.7. The normalized spacial score (nSPS) is 11.9. The highest BCUT2D eigenvalue weighted by Crippen LogP contribution is 2.32. The van der Waals surface area contributed by atoms with Gasteiger partial charge in [-0.3, -0.25) is 14.4 Å². The number of rotatable bonds is 3. The number of aromatic amines is 3. The van der Waals surface area contributed by atoms with E-state index in [2.05, 4.69) is 15.0 Å². The number of aliphatic hydroxyl groups excluding tert-OH is 1. The lowest BCUT2D eigenvalue weighted by Gasteiger charge is -2.14. The van der Waals surface area contributed by atoms with Gasteiger partial charge in [0.05, 0.1) is 64.6 Å².